The molecule has 0 atom stereocenters. The van der Waals surface area contributed by atoms with E-state index in [2.05, 4.69) is 24.9 Å². The first-order valence-electron chi connectivity index (χ1n) is 4.78. The normalized spacial score (nSPS) is 11.1. The zero-order valence-electron chi connectivity index (χ0n) is 8.70. The molecule has 3 heterocycles. The second-order valence-corrected chi connectivity index (χ2v) is 4.53. The number of aromatic amines is 3. The van der Waals surface area contributed by atoms with Gasteiger partial charge in [0, 0.05) is 5.38 Å². The van der Waals surface area contributed by atoms with Crippen LogP contribution in [-0.2, 0) is 0 Å². The molecule has 86 valence electrons. The molecule has 7 nitrogen and oxygen atoms in total. The molecule has 0 saturated heterocycles. The Morgan fingerprint density at radius 3 is 2.71 bits per heavy atom. The van der Waals surface area contributed by atoms with Crippen LogP contribution in [0.3, 0.4) is 0 Å². The van der Waals surface area contributed by atoms with E-state index in [4.69, 9.17) is 0 Å². The summed E-state index contributed by atoms with van der Waals surface area (Å²) in [7, 11) is 0. The van der Waals surface area contributed by atoms with E-state index in [1.807, 2.05) is 12.3 Å². The van der Waals surface area contributed by atoms with Gasteiger partial charge in [-0.3, -0.25) is 14.8 Å². The summed E-state index contributed by atoms with van der Waals surface area (Å²) in [6.45, 7) is 1.88. The Morgan fingerprint density at radius 2 is 2.00 bits per heavy atom. The molecule has 0 saturated carbocycles. The van der Waals surface area contributed by atoms with Gasteiger partial charge >= 0.3 is 5.69 Å². The number of rotatable bonds is 1. The highest BCUT2D eigenvalue weighted by atomic mass is 32.1. The number of nitrogens with one attached hydrogen (secondary N) is 3. The number of nitrogens with zero attached hydrogens (tertiary/aromatic N) is 2. The highest BCUT2D eigenvalue weighted by Gasteiger charge is 2.11. The lowest BCUT2D eigenvalue weighted by molar-refractivity contribution is 1.07. The first-order chi connectivity index (χ1) is 8.13. The Hall–Kier alpha value is -2.22. The molecule has 0 spiro atoms. The molecular weight excluding hydrogens is 242 g/mol. The second-order valence-electron chi connectivity index (χ2n) is 3.47. The molecule has 3 aromatic rings. The van der Waals surface area contributed by atoms with Gasteiger partial charge in [-0.1, -0.05) is 0 Å². The first-order valence-corrected chi connectivity index (χ1v) is 5.66. The lowest BCUT2D eigenvalue weighted by Crippen LogP contribution is -2.21. The molecule has 0 bridgehead atoms. The van der Waals surface area contributed by atoms with Crippen molar-refractivity contribution < 1.29 is 0 Å². The van der Waals surface area contributed by atoms with Gasteiger partial charge in [0.05, 0.1) is 5.01 Å². The predicted octanol–water partition coefficient (Wildman–Crippen LogP) is 0.371. The quantitative estimate of drug-likeness (QED) is 0.579. The van der Waals surface area contributed by atoms with Crippen LogP contribution in [0.4, 0.5) is 0 Å². The third kappa shape index (κ3) is 1.58. The van der Waals surface area contributed by atoms with Crippen molar-refractivity contribution in [1.29, 1.82) is 0 Å². The van der Waals surface area contributed by atoms with Crippen molar-refractivity contribution in [2.75, 3.05) is 0 Å². The van der Waals surface area contributed by atoms with Crippen LogP contribution in [0.25, 0.3) is 22.7 Å². The molecule has 0 aromatic carbocycles. The second kappa shape index (κ2) is 3.39. The van der Waals surface area contributed by atoms with Crippen molar-refractivity contribution >= 4 is 22.5 Å². The zero-order valence-corrected chi connectivity index (χ0v) is 9.51. The Labute approximate surface area is 97.6 Å². The molecule has 0 aliphatic rings. The lowest BCUT2D eigenvalue weighted by atomic mass is 10.5. The molecule has 3 aromatic heterocycles. The summed E-state index contributed by atoms with van der Waals surface area (Å²) >= 11 is 1.49. The third-order valence-corrected chi connectivity index (χ3v) is 3.03. The highest BCUT2D eigenvalue weighted by Crippen LogP contribution is 2.19. The average molecular weight is 249 g/mol. The lowest BCUT2D eigenvalue weighted by Gasteiger charge is -1.85. The minimum atomic E-state index is -0.574. The van der Waals surface area contributed by atoms with Gasteiger partial charge in [-0.05, 0) is 6.92 Å². The fraction of sp³-hybridized carbons (Fsp3) is 0.111. The van der Waals surface area contributed by atoms with Gasteiger partial charge in [0.1, 0.15) is 11.2 Å². The van der Waals surface area contributed by atoms with Crippen LogP contribution in [-0.4, -0.2) is 24.9 Å². The van der Waals surface area contributed by atoms with Crippen molar-refractivity contribution in [1.82, 2.24) is 24.9 Å². The molecule has 3 N–H and O–H groups in total. The molecule has 0 unspecified atom stereocenters. The van der Waals surface area contributed by atoms with Crippen LogP contribution in [0.5, 0.6) is 0 Å². The van der Waals surface area contributed by atoms with E-state index >= 15 is 0 Å². The number of H-pyrrole nitrogens is 3. The number of hydrogen-bond acceptors (Lipinski definition) is 5. The van der Waals surface area contributed by atoms with Crippen molar-refractivity contribution in [3.05, 3.63) is 31.2 Å². The maximum Gasteiger partial charge on any atom is 0.327 e. The van der Waals surface area contributed by atoms with Crippen LogP contribution in [0.1, 0.15) is 5.01 Å². The van der Waals surface area contributed by atoms with Gasteiger partial charge in [-0.2, -0.15) is 0 Å². The zero-order chi connectivity index (χ0) is 12.0. The number of fused-ring (bicyclic) bond motifs is 1. The van der Waals surface area contributed by atoms with Crippen LogP contribution >= 0.6 is 11.3 Å². The van der Waals surface area contributed by atoms with E-state index in [0.717, 1.165) is 5.01 Å². The number of hydrogen-bond donors (Lipinski definition) is 3. The van der Waals surface area contributed by atoms with Gasteiger partial charge in [0.2, 0.25) is 0 Å². The van der Waals surface area contributed by atoms with Gasteiger partial charge < -0.3 is 4.98 Å². The molecular formula is C9H7N5O2S. The predicted molar refractivity (Wildman–Crippen MR) is 63.2 cm³/mol. The maximum atomic E-state index is 11.5. The molecule has 0 aliphatic carbocycles. The molecule has 3 rings (SSSR count). The average Bonchev–Trinajstić information content (AvgIpc) is 2.83. The largest absolute Gasteiger partial charge is 0.331 e. The van der Waals surface area contributed by atoms with Gasteiger partial charge in [-0.25, -0.2) is 14.8 Å². The standard InChI is InChI=1S/C9H7N5O2S/c1-3-10-4(2-17-3)6-11-5-7(12-6)13-9(16)14-8(5)15/h2H,1H3,(H3,11,12,13,14,15,16). The molecule has 0 fully saturated rings. The third-order valence-electron chi connectivity index (χ3n) is 2.25. The van der Waals surface area contributed by atoms with Crippen LogP contribution in [0, 0.1) is 6.92 Å². The molecule has 8 heteroatoms. The minimum Gasteiger partial charge on any atom is -0.331 e. The summed E-state index contributed by atoms with van der Waals surface area (Å²) in [6.07, 6.45) is 0. The minimum absolute atomic E-state index is 0.236. The molecule has 0 amide bonds. The van der Waals surface area contributed by atoms with Gasteiger partial charge in [-0.15, -0.1) is 11.3 Å². The van der Waals surface area contributed by atoms with Crippen LogP contribution in [0.2, 0.25) is 0 Å². The summed E-state index contributed by atoms with van der Waals surface area (Å²) in [6, 6.07) is 0. The van der Waals surface area contributed by atoms with Crippen molar-refractivity contribution in [3.8, 4) is 11.5 Å². The smallest absolute Gasteiger partial charge is 0.327 e. The summed E-state index contributed by atoms with van der Waals surface area (Å²) < 4.78 is 0. The van der Waals surface area contributed by atoms with E-state index in [9.17, 15) is 9.59 Å². The van der Waals surface area contributed by atoms with Crippen molar-refractivity contribution in [2.24, 2.45) is 0 Å². The summed E-state index contributed by atoms with van der Waals surface area (Å²) in [4.78, 5) is 38.4. The molecule has 17 heavy (non-hydrogen) atoms. The topological polar surface area (TPSA) is 107 Å². The van der Waals surface area contributed by atoms with Crippen LogP contribution in [0.15, 0.2) is 15.0 Å². The van der Waals surface area contributed by atoms with Gasteiger partial charge in [0.15, 0.2) is 11.5 Å². The Morgan fingerprint density at radius 1 is 1.18 bits per heavy atom. The SMILES string of the molecule is Cc1nc(-c2nc3[nH]c(=O)[nH]c(=O)c3[nH]2)cs1. The monoisotopic (exact) mass is 249 g/mol. The molecule has 0 radical (unpaired) electrons. The Kier molecular flexibility index (Phi) is 1.99. The number of thiazole rings is 1. The van der Waals surface area contributed by atoms with E-state index in [1.54, 1.807) is 0 Å². The highest BCUT2D eigenvalue weighted by molar-refractivity contribution is 7.09. The molecule has 0 aliphatic heterocycles. The van der Waals surface area contributed by atoms with E-state index < -0.39 is 11.2 Å². The Bertz CT molecular complexity index is 809. The van der Waals surface area contributed by atoms with E-state index in [1.165, 1.54) is 11.3 Å². The first kappa shape index (κ1) is 9.97. The fourth-order valence-corrected chi connectivity index (χ4v) is 2.12. The van der Waals surface area contributed by atoms with Crippen molar-refractivity contribution in [2.45, 2.75) is 6.92 Å². The van der Waals surface area contributed by atoms with Crippen molar-refractivity contribution in [3.63, 3.8) is 0 Å². The van der Waals surface area contributed by atoms with Crippen LogP contribution < -0.4 is 11.2 Å². The number of imidazole rings is 1. The van der Waals surface area contributed by atoms with E-state index in [0.29, 0.717) is 11.5 Å². The number of aromatic nitrogens is 5. The summed E-state index contributed by atoms with van der Waals surface area (Å²) in [5, 5.41) is 2.74. The Balaban J connectivity index is 2.30. The maximum absolute atomic E-state index is 11.5. The van der Waals surface area contributed by atoms with E-state index in [-0.39, 0.29) is 11.2 Å². The summed E-state index contributed by atoms with van der Waals surface area (Å²) in [5.74, 6) is 0.469. The number of aryl methyl sites for hydroxylation is 1. The fourth-order valence-electron chi connectivity index (χ4n) is 1.53. The van der Waals surface area contributed by atoms with Gasteiger partial charge in [0.25, 0.3) is 5.56 Å². The summed E-state index contributed by atoms with van der Waals surface area (Å²) in [5.41, 5.74) is 0.0677.